The number of rotatable bonds is 1. The zero-order valence-corrected chi connectivity index (χ0v) is 15.0. The van der Waals surface area contributed by atoms with Crippen molar-refractivity contribution in [2.24, 2.45) is 0 Å². The standard InChI is InChI=1S/C19H37N3/c1-17(2)22-18-13-9-5-3-7-11-15-20(18)21-16-12-8-4-6-10-14-19(21)22/h17-19H,3-16H2,1-2H3. The largest absolute Gasteiger partial charge is 0.267 e. The highest BCUT2D eigenvalue weighted by molar-refractivity contribution is 4.89. The molecule has 3 nitrogen and oxygen atoms in total. The van der Waals surface area contributed by atoms with Crippen molar-refractivity contribution in [1.29, 1.82) is 0 Å². The van der Waals surface area contributed by atoms with Gasteiger partial charge in [-0.2, -0.15) is 0 Å². The van der Waals surface area contributed by atoms with Crippen molar-refractivity contribution in [2.75, 3.05) is 13.1 Å². The first-order chi connectivity index (χ1) is 10.8. The molecule has 3 heterocycles. The van der Waals surface area contributed by atoms with Gasteiger partial charge in [-0.3, -0.25) is 4.90 Å². The first-order valence-corrected chi connectivity index (χ1v) is 10.1. The quantitative estimate of drug-likeness (QED) is 0.701. The van der Waals surface area contributed by atoms with Crippen LogP contribution in [0.25, 0.3) is 0 Å². The third-order valence-corrected chi connectivity index (χ3v) is 6.00. The molecule has 0 aromatic rings. The molecular formula is C19H37N3. The maximum Gasteiger partial charge on any atom is 0.0775 e. The zero-order valence-electron chi connectivity index (χ0n) is 15.0. The van der Waals surface area contributed by atoms with Crippen molar-refractivity contribution >= 4 is 0 Å². The molecule has 0 aromatic heterocycles. The molecule has 3 fully saturated rings. The highest BCUT2D eigenvalue weighted by Crippen LogP contribution is 2.35. The average molecular weight is 308 g/mol. The van der Waals surface area contributed by atoms with Crippen LogP contribution in [0.4, 0.5) is 0 Å². The van der Waals surface area contributed by atoms with Gasteiger partial charge in [0, 0.05) is 19.1 Å². The van der Waals surface area contributed by atoms with E-state index in [9.17, 15) is 0 Å². The molecule has 0 saturated carbocycles. The fourth-order valence-electron chi connectivity index (χ4n) is 4.95. The number of hydrogen-bond acceptors (Lipinski definition) is 3. The molecule has 3 rings (SSSR count). The van der Waals surface area contributed by atoms with Crippen LogP contribution in [0.1, 0.15) is 90.9 Å². The van der Waals surface area contributed by atoms with Crippen molar-refractivity contribution < 1.29 is 0 Å². The molecule has 3 heteroatoms. The van der Waals surface area contributed by atoms with E-state index in [2.05, 4.69) is 28.8 Å². The van der Waals surface area contributed by atoms with Gasteiger partial charge >= 0.3 is 0 Å². The number of fused-ring (bicyclic) bond motifs is 3. The van der Waals surface area contributed by atoms with E-state index >= 15 is 0 Å². The first kappa shape index (κ1) is 16.7. The summed E-state index contributed by atoms with van der Waals surface area (Å²) in [4.78, 5) is 2.87. The molecule has 0 radical (unpaired) electrons. The molecule has 0 N–H and O–H groups in total. The van der Waals surface area contributed by atoms with Crippen LogP contribution in [0.2, 0.25) is 0 Å². The normalized spacial score (nSPS) is 34.0. The smallest absolute Gasteiger partial charge is 0.0775 e. The zero-order chi connectivity index (χ0) is 15.4. The molecule has 128 valence electrons. The molecular weight excluding hydrogens is 270 g/mol. The van der Waals surface area contributed by atoms with Crippen molar-refractivity contribution in [2.45, 2.75) is 109 Å². The summed E-state index contributed by atoms with van der Waals surface area (Å²) < 4.78 is 0. The Kier molecular flexibility index (Phi) is 6.17. The van der Waals surface area contributed by atoms with Gasteiger partial charge in [-0.1, -0.05) is 51.4 Å². The number of nitrogens with zero attached hydrogens (tertiary/aromatic N) is 3. The van der Waals surface area contributed by atoms with E-state index in [-0.39, 0.29) is 0 Å². The summed E-state index contributed by atoms with van der Waals surface area (Å²) in [5.41, 5.74) is 0. The molecule has 2 atom stereocenters. The van der Waals surface area contributed by atoms with Crippen molar-refractivity contribution in [3.63, 3.8) is 0 Å². The van der Waals surface area contributed by atoms with Crippen LogP contribution in [-0.2, 0) is 0 Å². The van der Waals surface area contributed by atoms with Gasteiger partial charge in [-0.05, 0) is 39.5 Å². The topological polar surface area (TPSA) is 9.72 Å². The van der Waals surface area contributed by atoms with Crippen molar-refractivity contribution in [3.05, 3.63) is 0 Å². The Bertz CT molecular complexity index is 303. The van der Waals surface area contributed by atoms with Gasteiger partial charge in [0.1, 0.15) is 0 Å². The van der Waals surface area contributed by atoms with Crippen molar-refractivity contribution in [3.8, 4) is 0 Å². The Morgan fingerprint density at radius 2 is 1.00 bits per heavy atom. The van der Waals surface area contributed by atoms with Crippen molar-refractivity contribution in [1.82, 2.24) is 14.9 Å². The van der Waals surface area contributed by atoms with Crippen LogP contribution in [0, 0.1) is 0 Å². The fraction of sp³-hybridized carbons (Fsp3) is 1.00. The fourth-order valence-corrected chi connectivity index (χ4v) is 4.95. The van der Waals surface area contributed by atoms with E-state index in [4.69, 9.17) is 0 Å². The lowest BCUT2D eigenvalue weighted by atomic mass is 10.1. The molecule has 0 spiro atoms. The third kappa shape index (κ3) is 3.68. The van der Waals surface area contributed by atoms with Crippen LogP contribution < -0.4 is 0 Å². The Balaban J connectivity index is 1.82. The van der Waals surface area contributed by atoms with E-state index in [1.807, 2.05) is 0 Å². The molecule has 3 saturated heterocycles. The van der Waals surface area contributed by atoms with E-state index in [1.54, 1.807) is 0 Å². The maximum absolute atomic E-state index is 2.87. The predicted molar refractivity (Wildman–Crippen MR) is 93.4 cm³/mol. The molecule has 0 amide bonds. The molecule has 0 aromatic carbocycles. The summed E-state index contributed by atoms with van der Waals surface area (Å²) in [6.07, 6.45) is 18.4. The van der Waals surface area contributed by atoms with Gasteiger partial charge in [0.05, 0.1) is 12.3 Å². The van der Waals surface area contributed by atoms with Crippen LogP contribution in [0.15, 0.2) is 0 Å². The van der Waals surface area contributed by atoms with Crippen LogP contribution in [0.3, 0.4) is 0 Å². The first-order valence-electron chi connectivity index (χ1n) is 10.1. The van der Waals surface area contributed by atoms with E-state index in [0.717, 1.165) is 0 Å². The van der Waals surface area contributed by atoms with Crippen LogP contribution in [-0.4, -0.2) is 46.4 Å². The Morgan fingerprint density at radius 1 is 0.591 bits per heavy atom. The summed E-state index contributed by atoms with van der Waals surface area (Å²) in [7, 11) is 0. The molecule has 3 aliphatic heterocycles. The minimum absolute atomic E-state index is 0.670. The van der Waals surface area contributed by atoms with Gasteiger partial charge in [0.25, 0.3) is 0 Å². The molecule has 3 aliphatic rings. The summed E-state index contributed by atoms with van der Waals surface area (Å²) >= 11 is 0. The number of hydrogen-bond donors (Lipinski definition) is 0. The molecule has 0 aliphatic carbocycles. The van der Waals surface area contributed by atoms with Gasteiger partial charge in [0.15, 0.2) is 0 Å². The van der Waals surface area contributed by atoms with Gasteiger partial charge in [0.2, 0.25) is 0 Å². The summed E-state index contributed by atoms with van der Waals surface area (Å²) in [6.45, 7) is 7.43. The lowest BCUT2D eigenvalue weighted by molar-refractivity contribution is -0.0310. The van der Waals surface area contributed by atoms with Gasteiger partial charge < -0.3 is 0 Å². The monoisotopic (exact) mass is 307 g/mol. The lowest BCUT2D eigenvalue weighted by Crippen LogP contribution is -2.44. The van der Waals surface area contributed by atoms with E-state index in [0.29, 0.717) is 18.4 Å². The molecule has 0 bridgehead atoms. The second-order valence-electron chi connectivity index (χ2n) is 7.94. The highest BCUT2D eigenvalue weighted by atomic mass is 15.8. The second-order valence-corrected chi connectivity index (χ2v) is 7.94. The minimum atomic E-state index is 0.670. The Morgan fingerprint density at radius 3 is 1.45 bits per heavy atom. The Hall–Kier alpha value is -0.120. The second kappa shape index (κ2) is 8.12. The van der Waals surface area contributed by atoms with E-state index < -0.39 is 0 Å². The van der Waals surface area contributed by atoms with E-state index in [1.165, 1.54) is 90.1 Å². The predicted octanol–water partition coefficient (Wildman–Crippen LogP) is 4.59. The Labute approximate surface area is 138 Å². The third-order valence-electron chi connectivity index (χ3n) is 6.00. The summed E-state index contributed by atoms with van der Waals surface area (Å²) in [5.74, 6) is 0. The molecule has 22 heavy (non-hydrogen) atoms. The lowest BCUT2D eigenvalue weighted by Gasteiger charge is -2.33. The summed E-state index contributed by atoms with van der Waals surface area (Å²) in [6, 6.07) is 0.670. The van der Waals surface area contributed by atoms with Gasteiger partial charge in [-0.15, -0.1) is 0 Å². The number of hydrazine groups is 1. The van der Waals surface area contributed by atoms with Crippen LogP contribution in [0.5, 0.6) is 0 Å². The molecule has 2 unspecified atom stereocenters. The van der Waals surface area contributed by atoms with Crippen LogP contribution >= 0.6 is 0 Å². The summed E-state index contributed by atoms with van der Waals surface area (Å²) in [5, 5.41) is 5.61. The maximum atomic E-state index is 2.87. The minimum Gasteiger partial charge on any atom is -0.267 e. The SMILES string of the molecule is CC(C)N1C2CCCCCCCN2N2CCCCCCCC12. The highest BCUT2D eigenvalue weighted by Gasteiger charge is 2.45. The average Bonchev–Trinajstić information content (AvgIpc) is 2.87. The van der Waals surface area contributed by atoms with Gasteiger partial charge in [-0.25, -0.2) is 10.0 Å².